The van der Waals surface area contributed by atoms with Crippen molar-refractivity contribution < 1.29 is 19.5 Å². The fourth-order valence-corrected chi connectivity index (χ4v) is 3.35. The molecule has 2 fully saturated rings. The number of fused-ring (bicyclic) bond motifs is 1. The highest BCUT2D eigenvalue weighted by atomic mass is 32.2. The lowest BCUT2D eigenvalue weighted by atomic mass is 9.89. The standard InChI is InChI=1S/C9H13N3O4S/c1-16-11-2-9(8(14)15)3-12-6(13)5(10)7(12)17-4-9/h2,5,7H,3-4,10H2,1H3,(H,14,15)/t5?,7-,9?/m1/s1. The van der Waals surface area contributed by atoms with Gasteiger partial charge in [-0.15, -0.1) is 11.8 Å². The molecule has 2 aliphatic heterocycles. The Labute approximate surface area is 102 Å². The Morgan fingerprint density at radius 1 is 1.82 bits per heavy atom. The van der Waals surface area contributed by atoms with Crippen LogP contribution in [0.2, 0.25) is 0 Å². The van der Waals surface area contributed by atoms with E-state index in [1.807, 2.05) is 0 Å². The number of aliphatic carboxylic acids is 1. The fraction of sp³-hybridized carbons (Fsp3) is 0.667. The number of hydrogen-bond acceptors (Lipinski definition) is 6. The normalized spacial score (nSPS) is 36.6. The van der Waals surface area contributed by atoms with Crippen LogP contribution in [0.25, 0.3) is 0 Å². The van der Waals surface area contributed by atoms with Crippen LogP contribution in [0.3, 0.4) is 0 Å². The summed E-state index contributed by atoms with van der Waals surface area (Å²) < 4.78 is 0. The minimum atomic E-state index is -1.19. The molecule has 0 saturated carbocycles. The van der Waals surface area contributed by atoms with E-state index in [0.29, 0.717) is 5.75 Å². The van der Waals surface area contributed by atoms with E-state index in [1.165, 1.54) is 30.0 Å². The molecule has 0 radical (unpaired) electrons. The van der Waals surface area contributed by atoms with Crippen molar-refractivity contribution in [2.75, 3.05) is 19.4 Å². The summed E-state index contributed by atoms with van der Waals surface area (Å²) in [4.78, 5) is 28.8. The molecule has 0 aliphatic carbocycles. The summed E-state index contributed by atoms with van der Waals surface area (Å²) in [5.41, 5.74) is 4.44. The van der Waals surface area contributed by atoms with Crippen LogP contribution in [0.1, 0.15) is 0 Å². The van der Waals surface area contributed by atoms with Gasteiger partial charge in [0.1, 0.15) is 23.9 Å². The van der Waals surface area contributed by atoms with Crippen molar-refractivity contribution in [3.63, 3.8) is 0 Å². The number of thioether (sulfide) groups is 1. The number of rotatable bonds is 3. The van der Waals surface area contributed by atoms with Crippen molar-refractivity contribution in [1.82, 2.24) is 4.90 Å². The van der Waals surface area contributed by atoms with Crippen molar-refractivity contribution in [3.05, 3.63) is 0 Å². The summed E-state index contributed by atoms with van der Waals surface area (Å²) >= 11 is 1.36. The van der Waals surface area contributed by atoms with E-state index >= 15 is 0 Å². The maximum atomic E-state index is 11.5. The Kier molecular flexibility index (Phi) is 3.00. The van der Waals surface area contributed by atoms with Gasteiger partial charge in [-0.3, -0.25) is 9.59 Å². The molecule has 0 aromatic heterocycles. The molecule has 2 rings (SSSR count). The molecule has 3 atom stereocenters. The van der Waals surface area contributed by atoms with Crippen molar-refractivity contribution in [2.24, 2.45) is 16.3 Å². The lowest BCUT2D eigenvalue weighted by Crippen LogP contribution is -2.72. The van der Waals surface area contributed by atoms with E-state index in [-0.39, 0.29) is 17.8 Å². The zero-order valence-corrected chi connectivity index (χ0v) is 10.0. The van der Waals surface area contributed by atoms with Crippen LogP contribution in [0.5, 0.6) is 0 Å². The quantitative estimate of drug-likeness (QED) is 0.380. The summed E-state index contributed by atoms with van der Waals surface area (Å²) in [6.45, 7) is 0.0966. The van der Waals surface area contributed by atoms with Gasteiger partial charge in [0, 0.05) is 12.3 Å². The van der Waals surface area contributed by atoms with Crippen molar-refractivity contribution >= 4 is 29.9 Å². The van der Waals surface area contributed by atoms with E-state index in [1.54, 1.807) is 0 Å². The smallest absolute Gasteiger partial charge is 0.317 e. The molecule has 8 heteroatoms. The SMILES string of the molecule is CON=CC1(C(=O)O)CS[C@@H]2C(N)C(=O)N2C1. The predicted octanol–water partition coefficient (Wildman–Crippen LogP) is -1.07. The highest BCUT2D eigenvalue weighted by Gasteiger charge is 2.55. The average molecular weight is 259 g/mol. The molecule has 7 nitrogen and oxygen atoms in total. The summed E-state index contributed by atoms with van der Waals surface area (Å²) in [5, 5.41) is 12.7. The second-order valence-corrected chi connectivity index (χ2v) is 5.18. The van der Waals surface area contributed by atoms with Crippen molar-refractivity contribution in [2.45, 2.75) is 11.4 Å². The first-order valence-corrected chi connectivity index (χ1v) is 6.05. The highest BCUT2D eigenvalue weighted by Crippen LogP contribution is 2.40. The maximum Gasteiger partial charge on any atom is 0.317 e. The van der Waals surface area contributed by atoms with Crippen molar-refractivity contribution in [3.8, 4) is 0 Å². The number of amides is 1. The first-order valence-electron chi connectivity index (χ1n) is 5.00. The second kappa shape index (κ2) is 4.19. The second-order valence-electron chi connectivity index (χ2n) is 4.07. The Balaban J connectivity index is 2.18. The number of oxime groups is 1. The van der Waals surface area contributed by atoms with E-state index in [4.69, 9.17) is 5.73 Å². The van der Waals surface area contributed by atoms with Gasteiger partial charge in [-0.05, 0) is 0 Å². The van der Waals surface area contributed by atoms with E-state index < -0.39 is 17.4 Å². The van der Waals surface area contributed by atoms with E-state index in [2.05, 4.69) is 9.99 Å². The third-order valence-electron chi connectivity index (χ3n) is 2.98. The average Bonchev–Trinajstić information content (AvgIpc) is 2.34. The fourth-order valence-electron chi connectivity index (χ4n) is 1.91. The van der Waals surface area contributed by atoms with Gasteiger partial charge in [0.05, 0.1) is 6.21 Å². The minimum Gasteiger partial charge on any atom is -0.480 e. The number of carboxylic acids is 1. The van der Waals surface area contributed by atoms with Gasteiger partial charge >= 0.3 is 5.97 Å². The van der Waals surface area contributed by atoms with E-state index in [9.17, 15) is 14.7 Å². The minimum absolute atomic E-state index is 0.0966. The van der Waals surface area contributed by atoms with E-state index in [0.717, 1.165) is 0 Å². The summed E-state index contributed by atoms with van der Waals surface area (Å²) in [6.07, 6.45) is 1.25. The molecule has 17 heavy (non-hydrogen) atoms. The first kappa shape index (κ1) is 12.2. The summed E-state index contributed by atoms with van der Waals surface area (Å²) in [6, 6.07) is -0.508. The molecule has 1 amide bonds. The Morgan fingerprint density at radius 3 is 3.12 bits per heavy atom. The topological polar surface area (TPSA) is 105 Å². The van der Waals surface area contributed by atoms with Crippen molar-refractivity contribution in [1.29, 1.82) is 0 Å². The van der Waals surface area contributed by atoms with Gasteiger partial charge in [-0.2, -0.15) is 0 Å². The Morgan fingerprint density at radius 2 is 2.53 bits per heavy atom. The van der Waals surface area contributed by atoms with Crippen LogP contribution < -0.4 is 5.73 Å². The monoisotopic (exact) mass is 259 g/mol. The van der Waals surface area contributed by atoms with Crippen LogP contribution in [-0.2, 0) is 14.4 Å². The van der Waals surface area contributed by atoms with Gasteiger partial charge in [0.15, 0.2) is 0 Å². The molecule has 2 unspecified atom stereocenters. The number of carbonyl (C=O) groups is 2. The van der Waals surface area contributed by atoms with Crippen LogP contribution >= 0.6 is 11.8 Å². The van der Waals surface area contributed by atoms with Gasteiger partial charge in [-0.1, -0.05) is 5.16 Å². The highest BCUT2D eigenvalue weighted by molar-refractivity contribution is 8.00. The maximum absolute atomic E-state index is 11.5. The summed E-state index contributed by atoms with van der Waals surface area (Å²) in [7, 11) is 1.34. The number of nitrogens with two attached hydrogens (primary N) is 1. The molecule has 0 aromatic carbocycles. The van der Waals surface area contributed by atoms with Crippen LogP contribution in [0.15, 0.2) is 5.16 Å². The van der Waals surface area contributed by atoms with Gasteiger partial charge < -0.3 is 20.6 Å². The van der Waals surface area contributed by atoms with Crippen LogP contribution in [-0.4, -0.2) is 58.9 Å². The Hall–Kier alpha value is -1.28. The molecule has 2 heterocycles. The molecule has 94 valence electrons. The number of hydrogen-bond donors (Lipinski definition) is 2. The molecule has 3 N–H and O–H groups in total. The van der Waals surface area contributed by atoms with Gasteiger partial charge in [-0.25, -0.2) is 0 Å². The van der Waals surface area contributed by atoms with Crippen LogP contribution in [0, 0.1) is 5.41 Å². The third-order valence-corrected chi connectivity index (χ3v) is 4.55. The molecular weight excluding hydrogens is 246 g/mol. The molecule has 2 aliphatic rings. The molecule has 0 spiro atoms. The zero-order chi connectivity index (χ0) is 12.6. The van der Waals surface area contributed by atoms with Gasteiger partial charge in [0.25, 0.3) is 0 Å². The zero-order valence-electron chi connectivity index (χ0n) is 9.20. The largest absolute Gasteiger partial charge is 0.480 e. The first-order chi connectivity index (χ1) is 8.02. The summed E-state index contributed by atoms with van der Waals surface area (Å²) in [5.74, 6) is -0.895. The number of β-lactam (4-membered cyclic amide) rings is 1. The molecule has 0 bridgehead atoms. The lowest BCUT2D eigenvalue weighted by Gasteiger charge is -2.51. The van der Waals surface area contributed by atoms with Crippen LogP contribution in [0.4, 0.5) is 0 Å². The number of carbonyl (C=O) groups excluding carboxylic acids is 1. The van der Waals surface area contributed by atoms with Gasteiger partial charge in [0.2, 0.25) is 5.91 Å². The molecule has 0 aromatic rings. The third kappa shape index (κ3) is 1.77. The molecule has 2 saturated heterocycles. The Bertz CT molecular complexity index is 388. The number of nitrogens with zero attached hydrogens (tertiary/aromatic N) is 2. The molecular formula is C9H13N3O4S. The lowest BCUT2D eigenvalue weighted by molar-refractivity contribution is -0.152. The number of carboxylic acid groups (broad SMARTS) is 1. The predicted molar refractivity (Wildman–Crippen MR) is 61.5 cm³/mol.